The number of nitrogens with one attached hydrogen (secondary N) is 1. The van der Waals surface area contributed by atoms with Gasteiger partial charge in [0.25, 0.3) is 0 Å². The molecule has 0 aromatic heterocycles. The van der Waals surface area contributed by atoms with Crippen LogP contribution in [0.1, 0.15) is 27.9 Å². The Balaban J connectivity index is 1.25. The first kappa shape index (κ1) is 25.1. The second-order valence-electron chi connectivity index (χ2n) is 8.79. The van der Waals surface area contributed by atoms with Crippen LogP contribution in [0.5, 0.6) is 5.75 Å². The van der Waals surface area contributed by atoms with Crippen LogP contribution in [0.3, 0.4) is 0 Å². The number of carbonyl (C=O) groups excluding carboxylic acids is 3. The van der Waals surface area contributed by atoms with Crippen molar-refractivity contribution >= 4 is 23.3 Å². The first-order valence-corrected chi connectivity index (χ1v) is 12.1. The van der Waals surface area contributed by atoms with Crippen molar-refractivity contribution in [1.29, 1.82) is 0 Å². The van der Waals surface area contributed by atoms with E-state index in [1.807, 2.05) is 52.3 Å². The summed E-state index contributed by atoms with van der Waals surface area (Å²) in [6, 6.07) is 23.8. The average Bonchev–Trinajstić information content (AvgIpc) is 2.92. The van der Waals surface area contributed by atoms with Crippen molar-refractivity contribution in [1.82, 2.24) is 9.80 Å². The van der Waals surface area contributed by atoms with E-state index in [2.05, 4.69) is 5.32 Å². The van der Waals surface area contributed by atoms with Crippen LogP contribution < -0.4 is 10.1 Å². The lowest BCUT2D eigenvalue weighted by molar-refractivity contribution is -0.133. The number of piperazine rings is 1. The summed E-state index contributed by atoms with van der Waals surface area (Å²) in [7, 11) is 1.63. The molecule has 0 saturated carbocycles. The fourth-order valence-electron chi connectivity index (χ4n) is 4.28. The average molecular weight is 486 g/mol. The van der Waals surface area contributed by atoms with Gasteiger partial charge in [0.05, 0.1) is 19.3 Å². The molecule has 1 fully saturated rings. The Morgan fingerprint density at radius 1 is 0.833 bits per heavy atom. The fraction of sp³-hybridized carbons (Fsp3) is 0.276. The van der Waals surface area contributed by atoms with Gasteiger partial charge in [-0.1, -0.05) is 54.6 Å². The SMILES string of the molecule is COc1ccc(CCC(=O)N2CCN(CC(=O)Nc3ccccc3C(=O)c3ccccc3)CC2)cc1. The number of hydrogen-bond donors (Lipinski definition) is 1. The highest BCUT2D eigenvalue weighted by molar-refractivity contribution is 6.13. The van der Waals surface area contributed by atoms with Crippen LogP contribution in [0, 0.1) is 0 Å². The molecule has 7 heteroatoms. The van der Waals surface area contributed by atoms with Crippen LogP contribution >= 0.6 is 0 Å². The minimum atomic E-state index is -0.178. The molecule has 0 spiro atoms. The van der Waals surface area contributed by atoms with E-state index in [-0.39, 0.29) is 24.1 Å². The molecule has 1 heterocycles. The van der Waals surface area contributed by atoms with Crippen molar-refractivity contribution < 1.29 is 19.1 Å². The number of amides is 2. The molecule has 1 N–H and O–H groups in total. The van der Waals surface area contributed by atoms with Gasteiger partial charge in [-0.25, -0.2) is 0 Å². The number of anilines is 1. The summed E-state index contributed by atoms with van der Waals surface area (Å²) in [5.74, 6) is 0.621. The van der Waals surface area contributed by atoms with Crippen LogP contribution in [0.2, 0.25) is 0 Å². The van der Waals surface area contributed by atoms with Crippen LogP contribution in [0.25, 0.3) is 0 Å². The molecule has 36 heavy (non-hydrogen) atoms. The van der Waals surface area contributed by atoms with Crippen LogP contribution in [0.15, 0.2) is 78.9 Å². The number of methoxy groups -OCH3 is 1. The Bertz CT molecular complexity index is 1190. The van der Waals surface area contributed by atoms with Crippen LogP contribution in [-0.2, 0) is 16.0 Å². The standard InChI is InChI=1S/C29H31N3O4/c1-36-24-14-11-22(12-15-24)13-16-28(34)32-19-17-31(18-20-32)21-27(33)30-26-10-6-5-9-25(26)29(35)23-7-3-2-4-8-23/h2-12,14-15H,13,16-21H2,1H3,(H,30,33). The van der Waals surface area contributed by atoms with Gasteiger partial charge < -0.3 is 15.0 Å². The lowest BCUT2D eigenvalue weighted by atomic mass is 10.0. The van der Waals surface area contributed by atoms with Gasteiger partial charge in [-0.15, -0.1) is 0 Å². The van der Waals surface area contributed by atoms with E-state index in [0.717, 1.165) is 11.3 Å². The van der Waals surface area contributed by atoms with E-state index in [4.69, 9.17) is 4.74 Å². The number of aryl methyl sites for hydroxylation is 1. The molecule has 0 atom stereocenters. The summed E-state index contributed by atoms with van der Waals surface area (Å²) in [6.45, 7) is 2.66. The molecule has 0 unspecified atom stereocenters. The Hall–Kier alpha value is -3.97. The normalized spacial score (nSPS) is 13.8. The number of ether oxygens (including phenoxy) is 1. The van der Waals surface area contributed by atoms with Gasteiger partial charge in [0.15, 0.2) is 5.78 Å². The summed E-state index contributed by atoms with van der Waals surface area (Å²) in [6.07, 6.45) is 1.14. The monoisotopic (exact) mass is 485 g/mol. The number of benzene rings is 3. The van der Waals surface area contributed by atoms with Gasteiger partial charge in [0.1, 0.15) is 5.75 Å². The quantitative estimate of drug-likeness (QED) is 0.468. The highest BCUT2D eigenvalue weighted by atomic mass is 16.5. The lowest BCUT2D eigenvalue weighted by Gasteiger charge is -2.34. The molecule has 3 aromatic carbocycles. The van der Waals surface area contributed by atoms with E-state index in [1.54, 1.807) is 43.5 Å². The molecule has 1 aliphatic rings. The zero-order valence-electron chi connectivity index (χ0n) is 20.5. The van der Waals surface area contributed by atoms with E-state index >= 15 is 0 Å². The number of rotatable bonds is 9. The molecular formula is C29H31N3O4. The molecule has 4 rings (SSSR count). The van der Waals surface area contributed by atoms with Gasteiger partial charge in [0.2, 0.25) is 11.8 Å². The molecule has 0 bridgehead atoms. The Labute approximate surface area is 211 Å². The number of ketones is 1. The first-order chi connectivity index (χ1) is 17.5. The van der Waals surface area contributed by atoms with Crippen molar-refractivity contribution in [3.8, 4) is 5.75 Å². The Kier molecular flexibility index (Phi) is 8.47. The minimum Gasteiger partial charge on any atom is -0.497 e. The van der Waals surface area contributed by atoms with Gasteiger partial charge >= 0.3 is 0 Å². The number of carbonyl (C=O) groups is 3. The number of hydrogen-bond acceptors (Lipinski definition) is 5. The smallest absolute Gasteiger partial charge is 0.238 e. The second kappa shape index (κ2) is 12.1. The molecule has 7 nitrogen and oxygen atoms in total. The maximum absolute atomic E-state index is 12.9. The maximum Gasteiger partial charge on any atom is 0.238 e. The van der Waals surface area contributed by atoms with Crippen LogP contribution in [0.4, 0.5) is 5.69 Å². The van der Waals surface area contributed by atoms with Crippen molar-refractivity contribution in [2.24, 2.45) is 0 Å². The zero-order chi connectivity index (χ0) is 25.3. The minimum absolute atomic E-state index is 0.128. The second-order valence-corrected chi connectivity index (χ2v) is 8.79. The van der Waals surface area contributed by atoms with Crippen molar-refractivity contribution in [2.45, 2.75) is 12.8 Å². The van der Waals surface area contributed by atoms with Gasteiger partial charge in [-0.2, -0.15) is 0 Å². The summed E-state index contributed by atoms with van der Waals surface area (Å²) in [5.41, 5.74) is 2.64. The molecule has 3 aromatic rings. The highest BCUT2D eigenvalue weighted by Gasteiger charge is 2.23. The summed E-state index contributed by atoms with van der Waals surface area (Å²) in [4.78, 5) is 42.2. The molecule has 0 radical (unpaired) electrons. The van der Waals surface area contributed by atoms with E-state index in [1.165, 1.54) is 0 Å². The summed E-state index contributed by atoms with van der Waals surface area (Å²) >= 11 is 0. The summed E-state index contributed by atoms with van der Waals surface area (Å²) < 4.78 is 5.17. The maximum atomic E-state index is 12.9. The van der Waals surface area contributed by atoms with Crippen molar-refractivity contribution in [3.05, 3.63) is 95.6 Å². The van der Waals surface area contributed by atoms with E-state index in [9.17, 15) is 14.4 Å². The third-order valence-corrected chi connectivity index (χ3v) is 6.36. The lowest BCUT2D eigenvalue weighted by Crippen LogP contribution is -2.50. The largest absolute Gasteiger partial charge is 0.497 e. The molecule has 1 aliphatic heterocycles. The van der Waals surface area contributed by atoms with Crippen molar-refractivity contribution in [2.75, 3.05) is 45.2 Å². The van der Waals surface area contributed by atoms with Gasteiger partial charge in [-0.05, 0) is 36.2 Å². The number of nitrogens with zero attached hydrogens (tertiary/aromatic N) is 2. The molecule has 186 valence electrons. The Morgan fingerprint density at radius 2 is 1.50 bits per heavy atom. The predicted molar refractivity (Wildman–Crippen MR) is 139 cm³/mol. The molecule has 0 aliphatic carbocycles. The third-order valence-electron chi connectivity index (χ3n) is 6.36. The molecule has 1 saturated heterocycles. The summed E-state index contributed by atoms with van der Waals surface area (Å²) in [5, 5.41) is 2.90. The van der Waals surface area contributed by atoms with Gasteiger partial charge in [0, 0.05) is 43.7 Å². The zero-order valence-corrected chi connectivity index (χ0v) is 20.5. The molecular weight excluding hydrogens is 454 g/mol. The van der Waals surface area contributed by atoms with E-state index < -0.39 is 0 Å². The van der Waals surface area contributed by atoms with E-state index in [0.29, 0.717) is 55.8 Å². The predicted octanol–water partition coefficient (Wildman–Crippen LogP) is 3.64. The highest BCUT2D eigenvalue weighted by Crippen LogP contribution is 2.20. The molecule has 2 amide bonds. The third kappa shape index (κ3) is 6.58. The fourth-order valence-corrected chi connectivity index (χ4v) is 4.28. The first-order valence-electron chi connectivity index (χ1n) is 12.1. The van der Waals surface area contributed by atoms with Crippen LogP contribution in [-0.4, -0.2) is 67.2 Å². The Morgan fingerprint density at radius 3 is 2.19 bits per heavy atom. The number of para-hydroxylation sites is 1. The van der Waals surface area contributed by atoms with Crippen molar-refractivity contribution in [3.63, 3.8) is 0 Å². The topological polar surface area (TPSA) is 79.0 Å². The van der Waals surface area contributed by atoms with Gasteiger partial charge in [-0.3, -0.25) is 19.3 Å².